The number of hydrogen-bond acceptors (Lipinski definition) is 5. The van der Waals surface area contributed by atoms with Crippen molar-refractivity contribution < 1.29 is 4.52 Å². The van der Waals surface area contributed by atoms with E-state index in [0.29, 0.717) is 6.54 Å². The molecule has 3 heterocycles. The minimum Gasteiger partial charge on any atom is -0.361 e. The zero-order chi connectivity index (χ0) is 13.4. The molecule has 3 aromatic heterocycles. The van der Waals surface area contributed by atoms with Crippen LogP contribution in [-0.4, -0.2) is 14.5 Å². The van der Waals surface area contributed by atoms with Gasteiger partial charge in [-0.2, -0.15) is 0 Å². The maximum Gasteiger partial charge on any atom is 0.194 e. The average molecular weight is 313 g/mol. The fraction of sp³-hybridized carbons (Fsp3) is 0.385. The molecule has 0 atom stereocenters. The van der Waals surface area contributed by atoms with Crippen molar-refractivity contribution >= 4 is 28.7 Å². The van der Waals surface area contributed by atoms with E-state index in [2.05, 4.69) is 33.0 Å². The Bertz CT molecular complexity index is 715. The summed E-state index contributed by atoms with van der Waals surface area (Å²) >= 11 is 1.72. The van der Waals surface area contributed by atoms with Crippen LogP contribution in [0.2, 0.25) is 0 Å². The molecule has 0 aromatic carbocycles. The molecule has 0 bridgehead atoms. The van der Waals surface area contributed by atoms with E-state index in [1.807, 2.05) is 19.9 Å². The van der Waals surface area contributed by atoms with Crippen LogP contribution in [0.3, 0.4) is 0 Å². The van der Waals surface area contributed by atoms with E-state index in [4.69, 9.17) is 4.52 Å². The highest BCUT2D eigenvalue weighted by molar-refractivity contribution is 7.17. The lowest BCUT2D eigenvalue weighted by Crippen LogP contribution is -2.14. The maximum atomic E-state index is 5.04. The largest absolute Gasteiger partial charge is 0.361 e. The first-order valence-corrected chi connectivity index (χ1v) is 7.02. The monoisotopic (exact) mass is 312 g/mol. The van der Waals surface area contributed by atoms with E-state index < -0.39 is 0 Å². The predicted molar refractivity (Wildman–Crippen MR) is 81.6 cm³/mol. The first kappa shape index (κ1) is 15.0. The molecular formula is C13H17ClN4OS. The van der Waals surface area contributed by atoms with Crippen molar-refractivity contribution in [2.75, 3.05) is 0 Å². The smallest absolute Gasteiger partial charge is 0.194 e. The highest BCUT2D eigenvalue weighted by Crippen LogP contribution is 2.20. The normalized spacial score (nSPS) is 10.9. The van der Waals surface area contributed by atoms with Gasteiger partial charge in [-0.25, -0.2) is 4.98 Å². The lowest BCUT2D eigenvalue weighted by atomic mass is 10.3. The van der Waals surface area contributed by atoms with E-state index in [0.717, 1.165) is 28.7 Å². The van der Waals surface area contributed by atoms with E-state index >= 15 is 0 Å². The Kier molecular flexibility index (Phi) is 4.47. The van der Waals surface area contributed by atoms with Gasteiger partial charge >= 0.3 is 0 Å². The SMILES string of the molecule is Cc1cc(CNCc2c(C)nc3sc(C)cn23)no1.Cl. The lowest BCUT2D eigenvalue weighted by molar-refractivity contribution is 0.388. The molecule has 0 saturated carbocycles. The van der Waals surface area contributed by atoms with Gasteiger partial charge in [0.1, 0.15) is 5.76 Å². The second-order valence-electron chi connectivity index (χ2n) is 4.67. The van der Waals surface area contributed by atoms with E-state index in [-0.39, 0.29) is 12.4 Å². The van der Waals surface area contributed by atoms with Crippen LogP contribution in [0.15, 0.2) is 16.8 Å². The molecule has 0 aliphatic carbocycles. The van der Waals surface area contributed by atoms with Crippen LogP contribution in [0.25, 0.3) is 4.96 Å². The van der Waals surface area contributed by atoms with E-state index in [9.17, 15) is 0 Å². The summed E-state index contributed by atoms with van der Waals surface area (Å²) in [5.74, 6) is 0.841. The van der Waals surface area contributed by atoms with Gasteiger partial charge in [0.2, 0.25) is 0 Å². The Morgan fingerprint density at radius 3 is 2.80 bits per heavy atom. The van der Waals surface area contributed by atoms with Gasteiger partial charge in [0.05, 0.1) is 17.1 Å². The van der Waals surface area contributed by atoms with Crippen molar-refractivity contribution in [2.45, 2.75) is 33.9 Å². The molecule has 3 aromatic rings. The van der Waals surface area contributed by atoms with Gasteiger partial charge in [0.25, 0.3) is 0 Å². The molecule has 108 valence electrons. The molecule has 0 saturated heterocycles. The number of halogens is 1. The zero-order valence-electron chi connectivity index (χ0n) is 11.6. The summed E-state index contributed by atoms with van der Waals surface area (Å²) in [6, 6.07) is 1.95. The van der Waals surface area contributed by atoms with Crippen LogP contribution in [0.5, 0.6) is 0 Å². The first-order chi connectivity index (χ1) is 9.13. The molecule has 0 radical (unpaired) electrons. The summed E-state index contributed by atoms with van der Waals surface area (Å²) in [5.41, 5.74) is 3.21. The topological polar surface area (TPSA) is 55.4 Å². The van der Waals surface area contributed by atoms with Crippen LogP contribution in [0.1, 0.15) is 27.7 Å². The second kappa shape index (κ2) is 5.95. The van der Waals surface area contributed by atoms with Crippen molar-refractivity contribution in [2.24, 2.45) is 0 Å². The van der Waals surface area contributed by atoms with Crippen molar-refractivity contribution in [1.29, 1.82) is 0 Å². The third-order valence-electron chi connectivity index (χ3n) is 3.02. The Morgan fingerprint density at radius 1 is 1.30 bits per heavy atom. The molecule has 0 aliphatic heterocycles. The number of fused-ring (bicyclic) bond motifs is 1. The molecule has 20 heavy (non-hydrogen) atoms. The summed E-state index contributed by atoms with van der Waals surface area (Å²) in [5, 5.41) is 7.35. The van der Waals surface area contributed by atoms with Gasteiger partial charge in [-0.05, 0) is 20.8 Å². The van der Waals surface area contributed by atoms with Gasteiger partial charge in [0.15, 0.2) is 4.96 Å². The molecule has 3 rings (SSSR count). The van der Waals surface area contributed by atoms with Gasteiger partial charge < -0.3 is 9.84 Å². The number of rotatable bonds is 4. The second-order valence-corrected chi connectivity index (χ2v) is 5.88. The summed E-state index contributed by atoms with van der Waals surface area (Å²) < 4.78 is 7.21. The summed E-state index contributed by atoms with van der Waals surface area (Å²) in [6.45, 7) is 7.52. The molecule has 7 heteroatoms. The Labute approximate surface area is 127 Å². The van der Waals surface area contributed by atoms with Gasteiger partial charge in [-0.1, -0.05) is 5.16 Å². The summed E-state index contributed by atoms with van der Waals surface area (Å²) in [6.07, 6.45) is 2.14. The van der Waals surface area contributed by atoms with Gasteiger partial charge in [0, 0.05) is 30.2 Å². The molecule has 0 unspecified atom stereocenters. The number of imidazole rings is 1. The molecule has 1 N–H and O–H groups in total. The van der Waals surface area contributed by atoms with Crippen molar-refractivity contribution in [1.82, 2.24) is 19.9 Å². The lowest BCUT2D eigenvalue weighted by Gasteiger charge is -2.02. The Balaban J connectivity index is 0.00000147. The van der Waals surface area contributed by atoms with Crippen LogP contribution in [0, 0.1) is 20.8 Å². The van der Waals surface area contributed by atoms with E-state index in [1.54, 1.807) is 11.3 Å². The van der Waals surface area contributed by atoms with Crippen molar-refractivity contribution in [3.05, 3.63) is 40.0 Å². The standard InChI is InChI=1S/C13H16N4OS.ClH/c1-8-4-11(16-18-8)5-14-6-12-10(3)15-13-17(12)7-9(2)19-13;/h4,7,14H,5-6H2,1-3H3;1H. The van der Waals surface area contributed by atoms with Crippen LogP contribution < -0.4 is 5.32 Å². The number of aryl methyl sites for hydroxylation is 3. The summed E-state index contributed by atoms with van der Waals surface area (Å²) in [7, 11) is 0. The molecule has 0 spiro atoms. The quantitative estimate of drug-likeness (QED) is 0.804. The molecule has 0 amide bonds. The fourth-order valence-electron chi connectivity index (χ4n) is 2.13. The Morgan fingerprint density at radius 2 is 2.10 bits per heavy atom. The maximum absolute atomic E-state index is 5.04. The highest BCUT2D eigenvalue weighted by Gasteiger charge is 2.10. The Hall–Kier alpha value is -1.37. The average Bonchev–Trinajstić information content (AvgIpc) is 2.97. The number of hydrogen-bond donors (Lipinski definition) is 1. The fourth-order valence-corrected chi connectivity index (χ4v) is 3.02. The van der Waals surface area contributed by atoms with Crippen LogP contribution in [0.4, 0.5) is 0 Å². The third kappa shape index (κ3) is 2.87. The van der Waals surface area contributed by atoms with Crippen molar-refractivity contribution in [3.63, 3.8) is 0 Å². The summed E-state index contributed by atoms with van der Waals surface area (Å²) in [4.78, 5) is 6.90. The zero-order valence-corrected chi connectivity index (χ0v) is 13.3. The van der Waals surface area contributed by atoms with Crippen molar-refractivity contribution in [3.8, 4) is 0 Å². The number of nitrogens with zero attached hydrogens (tertiary/aromatic N) is 3. The number of thiazole rings is 1. The number of aromatic nitrogens is 3. The third-order valence-corrected chi connectivity index (χ3v) is 3.91. The molecular weight excluding hydrogens is 296 g/mol. The first-order valence-electron chi connectivity index (χ1n) is 6.20. The van der Waals surface area contributed by atoms with Gasteiger partial charge in [-0.3, -0.25) is 4.40 Å². The van der Waals surface area contributed by atoms with Crippen LogP contribution in [-0.2, 0) is 13.1 Å². The minimum absolute atomic E-state index is 0. The van der Waals surface area contributed by atoms with E-state index in [1.165, 1.54) is 10.6 Å². The molecule has 0 aliphatic rings. The minimum atomic E-state index is 0. The van der Waals surface area contributed by atoms with Gasteiger partial charge in [-0.15, -0.1) is 23.7 Å². The molecule has 0 fully saturated rings. The molecule has 5 nitrogen and oxygen atoms in total. The number of nitrogens with one attached hydrogen (secondary N) is 1. The predicted octanol–water partition coefficient (Wildman–Crippen LogP) is 3.02. The highest BCUT2D eigenvalue weighted by atomic mass is 35.5. The van der Waals surface area contributed by atoms with Crippen LogP contribution >= 0.6 is 23.7 Å².